The van der Waals surface area contributed by atoms with Crippen LogP contribution < -0.4 is 0 Å². The van der Waals surface area contributed by atoms with E-state index in [2.05, 4.69) is 33.9 Å². The van der Waals surface area contributed by atoms with Crippen molar-refractivity contribution in [3.05, 3.63) is 37.8 Å². The minimum atomic E-state index is -0.902. The lowest BCUT2D eigenvalue weighted by Crippen LogP contribution is -1.91. The van der Waals surface area contributed by atoms with Crippen LogP contribution >= 0.6 is 49.9 Å². The molecule has 0 spiro atoms. The van der Waals surface area contributed by atoms with Crippen LogP contribution in [0.3, 0.4) is 0 Å². The Morgan fingerprint density at radius 3 is 2.65 bits per heavy atom. The van der Waals surface area contributed by atoms with Crippen molar-refractivity contribution in [2.75, 3.05) is 0 Å². The largest absolute Gasteiger partial charge is 0.478 e. The molecule has 0 aliphatic rings. The molecular formula is C13H8BrNO2S3. The van der Waals surface area contributed by atoms with Crippen LogP contribution in [-0.4, -0.2) is 16.1 Å². The summed E-state index contributed by atoms with van der Waals surface area (Å²) in [5.41, 5.74) is 1.15. The predicted molar refractivity (Wildman–Crippen MR) is 88.1 cm³/mol. The molecule has 0 fully saturated rings. The topological polar surface area (TPSA) is 50.2 Å². The van der Waals surface area contributed by atoms with E-state index in [0.717, 1.165) is 24.9 Å². The van der Waals surface area contributed by atoms with E-state index in [1.807, 2.05) is 5.38 Å². The van der Waals surface area contributed by atoms with Crippen LogP contribution in [0, 0.1) is 6.92 Å². The zero-order chi connectivity index (χ0) is 14.3. The van der Waals surface area contributed by atoms with Gasteiger partial charge in [-0.2, -0.15) is 0 Å². The molecule has 3 aromatic heterocycles. The Hall–Kier alpha value is -1.02. The van der Waals surface area contributed by atoms with E-state index in [9.17, 15) is 4.79 Å². The van der Waals surface area contributed by atoms with Crippen molar-refractivity contribution in [2.45, 2.75) is 6.92 Å². The molecule has 7 heteroatoms. The number of carboxylic acid groups (broad SMARTS) is 1. The molecule has 0 unspecified atom stereocenters. The number of aromatic nitrogens is 1. The summed E-state index contributed by atoms with van der Waals surface area (Å²) >= 11 is 8.19. The van der Waals surface area contributed by atoms with Crippen molar-refractivity contribution >= 4 is 55.9 Å². The number of carbonyl (C=O) groups is 1. The number of rotatable bonds is 3. The Bertz CT molecular complexity index is 768. The third-order valence-corrected chi connectivity index (χ3v) is 6.77. The maximum atomic E-state index is 10.9. The first-order chi connectivity index (χ1) is 9.54. The molecule has 0 radical (unpaired) electrons. The Morgan fingerprint density at radius 1 is 1.25 bits per heavy atom. The van der Waals surface area contributed by atoms with Gasteiger partial charge >= 0.3 is 5.97 Å². The second-order valence-corrected chi connectivity index (χ2v) is 7.94. The number of nitrogens with zero attached hydrogens (tertiary/aromatic N) is 1. The molecule has 0 aromatic carbocycles. The highest BCUT2D eigenvalue weighted by Crippen LogP contribution is 2.38. The number of hydrogen-bond acceptors (Lipinski definition) is 5. The van der Waals surface area contributed by atoms with Crippen molar-refractivity contribution in [1.82, 2.24) is 4.98 Å². The van der Waals surface area contributed by atoms with E-state index in [1.165, 1.54) is 16.2 Å². The van der Waals surface area contributed by atoms with E-state index in [4.69, 9.17) is 5.11 Å². The van der Waals surface area contributed by atoms with E-state index in [0.29, 0.717) is 5.56 Å². The normalized spacial score (nSPS) is 10.9. The van der Waals surface area contributed by atoms with Gasteiger partial charge in [-0.25, -0.2) is 9.78 Å². The quantitative estimate of drug-likeness (QED) is 0.659. The fourth-order valence-corrected chi connectivity index (χ4v) is 4.98. The second kappa shape index (κ2) is 5.40. The first kappa shape index (κ1) is 13.9. The molecule has 20 heavy (non-hydrogen) atoms. The van der Waals surface area contributed by atoms with Gasteiger partial charge in [0.05, 0.1) is 21.0 Å². The zero-order valence-corrected chi connectivity index (χ0v) is 14.3. The highest BCUT2D eigenvalue weighted by atomic mass is 79.9. The van der Waals surface area contributed by atoms with Gasteiger partial charge in [0.1, 0.15) is 5.01 Å². The highest BCUT2D eigenvalue weighted by Gasteiger charge is 2.13. The zero-order valence-electron chi connectivity index (χ0n) is 10.2. The summed E-state index contributed by atoms with van der Waals surface area (Å²) in [4.78, 5) is 18.7. The number of aryl methyl sites for hydroxylation is 1. The molecule has 3 rings (SSSR count). The molecule has 0 aliphatic carbocycles. The van der Waals surface area contributed by atoms with Crippen LogP contribution in [0.5, 0.6) is 0 Å². The third-order valence-electron chi connectivity index (χ3n) is 2.67. The number of halogens is 1. The molecule has 3 nitrogen and oxygen atoms in total. The van der Waals surface area contributed by atoms with E-state index < -0.39 is 5.97 Å². The van der Waals surface area contributed by atoms with Gasteiger partial charge in [-0.1, -0.05) is 0 Å². The molecule has 3 aromatic rings. The fraction of sp³-hybridized carbons (Fsp3) is 0.0769. The molecule has 0 aliphatic heterocycles. The molecule has 0 bridgehead atoms. The summed E-state index contributed by atoms with van der Waals surface area (Å²) in [6.45, 7) is 2.06. The summed E-state index contributed by atoms with van der Waals surface area (Å²) in [5, 5.41) is 13.5. The molecule has 0 amide bonds. The van der Waals surface area contributed by atoms with Crippen LogP contribution in [0.2, 0.25) is 0 Å². The maximum Gasteiger partial charge on any atom is 0.336 e. The first-order valence-electron chi connectivity index (χ1n) is 5.58. The van der Waals surface area contributed by atoms with E-state index in [1.54, 1.807) is 34.1 Å². The van der Waals surface area contributed by atoms with Gasteiger partial charge < -0.3 is 5.11 Å². The SMILES string of the molecule is Cc1sc(-c2nc(-c3cc(C(=O)O)cs3)cs2)cc1Br. The van der Waals surface area contributed by atoms with Crippen molar-refractivity contribution in [2.24, 2.45) is 0 Å². The Morgan fingerprint density at radius 2 is 2.05 bits per heavy atom. The van der Waals surface area contributed by atoms with Crippen molar-refractivity contribution in [3.63, 3.8) is 0 Å². The van der Waals surface area contributed by atoms with E-state index in [-0.39, 0.29) is 0 Å². The van der Waals surface area contributed by atoms with Gasteiger partial charge in [-0.05, 0) is 35.0 Å². The minimum absolute atomic E-state index is 0.314. The van der Waals surface area contributed by atoms with Gasteiger partial charge in [0.2, 0.25) is 0 Å². The summed E-state index contributed by atoms with van der Waals surface area (Å²) < 4.78 is 1.10. The number of aromatic carboxylic acids is 1. The molecule has 0 saturated heterocycles. The smallest absolute Gasteiger partial charge is 0.336 e. The van der Waals surface area contributed by atoms with Gasteiger partial charge in [0.15, 0.2) is 0 Å². The standard InChI is InChI=1S/C13H8BrNO2S3/c1-6-8(14)3-11(20-6)12-15-9(5-19-12)10-2-7(4-18-10)13(16)17/h2-5H,1H3,(H,16,17). The van der Waals surface area contributed by atoms with Crippen molar-refractivity contribution < 1.29 is 9.90 Å². The minimum Gasteiger partial charge on any atom is -0.478 e. The van der Waals surface area contributed by atoms with Crippen LogP contribution in [0.25, 0.3) is 20.5 Å². The first-order valence-corrected chi connectivity index (χ1v) is 8.95. The van der Waals surface area contributed by atoms with Crippen LogP contribution in [0.4, 0.5) is 0 Å². The average Bonchev–Trinajstić information content (AvgIpc) is 3.09. The summed E-state index contributed by atoms with van der Waals surface area (Å²) in [5.74, 6) is -0.902. The number of thiazole rings is 1. The van der Waals surface area contributed by atoms with Gasteiger partial charge in [0, 0.05) is 20.1 Å². The summed E-state index contributed by atoms with van der Waals surface area (Å²) in [6, 6.07) is 3.74. The second-order valence-electron chi connectivity index (χ2n) is 4.06. The predicted octanol–water partition coefficient (Wildman–Crippen LogP) is 5.37. The molecule has 102 valence electrons. The van der Waals surface area contributed by atoms with Gasteiger partial charge in [0.25, 0.3) is 0 Å². The van der Waals surface area contributed by atoms with Crippen LogP contribution in [0.1, 0.15) is 15.2 Å². The molecule has 1 N–H and O–H groups in total. The Balaban J connectivity index is 1.95. The maximum absolute atomic E-state index is 10.9. The fourth-order valence-electron chi connectivity index (χ4n) is 1.65. The molecular weight excluding hydrogens is 378 g/mol. The number of hydrogen-bond donors (Lipinski definition) is 1. The Kier molecular flexibility index (Phi) is 3.76. The Labute approximate surface area is 135 Å². The average molecular weight is 386 g/mol. The third kappa shape index (κ3) is 2.58. The number of thiophene rings is 2. The summed E-state index contributed by atoms with van der Waals surface area (Å²) in [6.07, 6.45) is 0. The molecule has 0 saturated carbocycles. The number of carboxylic acids is 1. The van der Waals surface area contributed by atoms with Crippen molar-refractivity contribution in [1.29, 1.82) is 0 Å². The lowest BCUT2D eigenvalue weighted by Gasteiger charge is -1.89. The molecule has 0 atom stereocenters. The highest BCUT2D eigenvalue weighted by molar-refractivity contribution is 9.10. The summed E-state index contributed by atoms with van der Waals surface area (Å²) in [7, 11) is 0. The van der Waals surface area contributed by atoms with E-state index >= 15 is 0 Å². The van der Waals surface area contributed by atoms with Crippen LogP contribution in [0.15, 0.2) is 27.4 Å². The van der Waals surface area contributed by atoms with Crippen LogP contribution in [-0.2, 0) is 0 Å². The molecule has 3 heterocycles. The van der Waals surface area contributed by atoms with Gasteiger partial charge in [-0.3, -0.25) is 0 Å². The van der Waals surface area contributed by atoms with Crippen molar-refractivity contribution in [3.8, 4) is 20.5 Å². The lowest BCUT2D eigenvalue weighted by molar-refractivity contribution is 0.0697. The van der Waals surface area contributed by atoms with Gasteiger partial charge in [-0.15, -0.1) is 34.0 Å². The monoisotopic (exact) mass is 385 g/mol. The lowest BCUT2D eigenvalue weighted by atomic mass is 10.3.